The molecule has 0 N–H and O–H groups in total. The van der Waals surface area contributed by atoms with Crippen LogP contribution in [0.4, 0.5) is 0 Å². The minimum absolute atomic E-state index is 0.129. The van der Waals surface area contributed by atoms with Gasteiger partial charge in [0.2, 0.25) is 0 Å². The third-order valence-electron chi connectivity index (χ3n) is 3.16. The molecule has 1 unspecified atom stereocenters. The van der Waals surface area contributed by atoms with Crippen molar-refractivity contribution in [3.05, 3.63) is 29.7 Å². The van der Waals surface area contributed by atoms with E-state index in [0.29, 0.717) is 17.0 Å². The van der Waals surface area contributed by atoms with Crippen molar-refractivity contribution < 1.29 is 12.8 Å². The van der Waals surface area contributed by atoms with Gasteiger partial charge < -0.3 is 4.42 Å². The summed E-state index contributed by atoms with van der Waals surface area (Å²) in [6, 6.07) is 7.14. The fraction of sp³-hybridized carbons (Fsp3) is 0.385. The Bertz CT molecular complexity index is 771. The number of aryl methyl sites for hydroxylation is 1. The minimum Gasteiger partial charge on any atom is -0.441 e. The lowest BCUT2D eigenvalue weighted by molar-refractivity contribution is 0.561. The van der Waals surface area contributed by atoms with E-state index < -0.39 is 14.6 Å². The number of rotatable bonds is 3. The maximum absolute atomic E-state index is 11.7. The zero-order valence-electron chi connectivity index (χ0n) is 11.0. The molecular weight excluding hydrogens is 264 g/mol. The molecule has 2 rings (SSSR count). The van der Waals surface area contributed by atoms with Crippen LogP contribution in [0.1, 0.15) is 18.4 Å². The first-order valence-electron chi connectivity index (χ1n) is 5.72. The number of hydrogen-bond donors (Lipinski definition) is 0. The number of aromatic nitrogens is 1. The van der Waals surface area contributed by atoms with Crippen molar-refractivity contribution >= 4 is 20.9 Å². The molecule has 0 fully saturated rings. The van der Waals surface area contributed by atoms with Gasteiger partial charge in [-0.2, -0.15) is 5.26 Å². The molecule has 0 saturated carbocycles. The number of benzene rings is 1. The number of oxazole rings is 1. The number of nitriles is 1. The quantitative estimate of drug-likeness (QED) is 0.857. The first-order valence-corrected chi connectivity index (χ1v) is 7.61. The van der Waals surface area contributed by atoms with Crippen molar-refractivity contribution in [2.45, 2.75) is 25.0 Å². The Kier molecular flexibility index (Phi) is 3.11. The molecule has 100 valence electrons. The number of fused-ring (bicyclic) bond motifs is 1. The van der Waals surface area contributed by atoms with Crippen LogP contribution in [0, 0.1) is 18.3 Å². The van der Waals surface area contributed by atoms with Crippen LogP contribution in [-0.2, 0) is 16.3 Å². The number of sulfone groups is 1. The van der Waals surface area contributed by atoms with Gasteiger partial charge in [-0.1, -0.05) is 6.07 Å². The molecule has 0 amide bonds. The Morgan fingerprint density at radius 1 is 1.47 bits per heavy atom. The molecule has 0 aliphatic rings. The largest absolute Gasteiger partial charge is 0.441 e. The monoisotopic (exact) mass is 278 g/mol. The summed E-state index contributed by atoms with van der Waals surface area (Å²) in [7, 11) is -3.47. The van der Waals surface area contributed by atoms with Crippen LogP contribution in [0.3, 0.4) is 0 Å². The normalized spacial score (nSPS) is 15.1. The van der Waals surface area contributed by atoms with Crippen molar-refractivity contribution in [2.75, 3.05) is 6.26 Å². The number of hydrogen-bond acceptors (Lipinski definition) is 5. The van der Waals surface area contributed by atoms with E-state index in [9.17, 15) is 8.42 Å². The molecule has 5 nitrogen and oxygen atoms in total. The first-order chi connectivity index (χ1) is 8.75. The first kappa shape index (κ1) is 13.6. The lowest BCUT2D eigenvalue weighted by atomic mass is 10.0. The molecule has 0 bridgehead atoms. The Balaban J connectivity index is 2.43. The Labute approximate surface area is 111 Å². The van der Waals surface area contributed by atoms with Gasteiger partial charge in [0.1, 0.15) is 5.52 Å². The Morgan fingerprint density at radius 3 is 2.74 bits per heavy atom. The molecule has 0 aliphatic carbocycles. The van der Waals surface area contributed by atoms with Crippen LogP contribution in [0.2, 0.25) is 0 Å². The summed E-state index contributed by atoms with van der Waals surface area (Å²) >= 11 is 0. The van der Waals surface area contributed by atoms with E-state index in [1.165, 1.54) is 6.92 Å². The van der Waals surface area contributed by atoms with Crippen LogP contribution in [0.25, 0.3) is 11.1 Å². The third-order valence-corrected chi connectivity index (χ3v) is 5.03. The van der Waals surface area contributed by atoms with E-state index in [2.05, 4.69) is 4.98 Å². The lowest BCUT2D eigenvalue weighted by Gasteiger charge is -2.19. The standard InChI is InChI=1S/C13H14N2O3S/c1-9-15-11-6-10(4-5-12(11)18-9)7-13(2,8-14)19(3,16)17/h4-6H,7H2,1-3H3. The molecule has 1 atom stereocenters. The third kappa shape index (κ3) is 2.47. The van der Waals surface area contributed by atoms with Gasteiger partial charge in [0.15, 0.2) is 26.1 Å². The van der Waals surface area contributed by atoms with Crippen LogP contribution >= 0.6 is 0 Å². The lowest BCUT2D eigenvalue weighted by Crippen LogP contribution is -2.35. The highest BCUT2D eigenvalue weighted by Crippen LogP contribution is 2.24. The summed E-state index contributed by atoms with van der Waals surface area (Å²) in [6.07, 6.45) is 1.21. The molecule has 19 heavy (non-hydrogen) atoms. The van der Waals surface area contributed by atoms with E-state index >= 15 is 0 Å². The summed E-state index contributed by atoms with van der Waals surface area (Å²) in [5.41, 5.74) is 2.07. The van der Waals surface area contributed by atoms with E-state index in [1.807, 2.05) is 6.07 Å². The molecule has 0 aliphatic heterocycles. The Hall–Kier alpha value is -1.87. The predicted octanol–water partition coefficient (Wildman–Crippen LogP) is 2.01. The maximum atomic E-state index is 11.7. The Morgan fingerprint density at radius 2 is 2.16 bits per heavy atom. The van der Waals surface area contributed by atoms with Crippen LogP contribution in [0.5, 0.6) is 0 Å². The SMILES string of the molecule is Cc1nc2cc(CC(C)(C#N)S(C)(=O)=O)ccc2o1. The smallest absolute Gasteiger partial charge is 0.192 e. The van der Waals surface area contributed by atoms with Crippen LogP contribution in [-0.4, -0.2) is 24.4 Å². The van der Waals surface area contributed by atoms with Gasteiger partial charge in [0, 0.05) is 19.6 Å². The summed E-state index contributed by atoms with van der Waals surface area (Å²) in [4.78, 5) is 4.19. The van der Waals surface area contributed by atoms with Crippen molar-refractivity contribution in [3.8, 4) is 6.07 Å². The van der Waals surface area contributed by atoms with Gasteiger partial charge in [-0.3, -0.25) is 0 Å². The molecule has 0 saturated heterocycles. The van der Waals surface area contributed by atoms with Crippen molar-refractivity contribution in [1.29, 1.82) is 5.26 Å². The average Bonchev–Trinajstić information content (AvgIpc) is 2.66. The molecule has 0 spiro atoms. The van der Waals surface area contributed by atoms with Gasteiger partial charge in [-0.25, -0.2) is 13.4 Å². The second kappa shape index (κ2) is 4.35. The minimum atomic E-state index is -3.47. The predicted molar refractivity (Wildman–Crippen MR) is 71.3 cm³/mol. The summed E-state index contributed by atoms with van der Waals surface area (Å²) in [5.74, 6) is 0.554. The summed E-state index contributed by atoms with van der Waals surface area (Å²) < 4.78 is 27.3. The van der Waals surface area contributed by atoms with E-state index in [-0.39, 0.29) is 6.42 Å². The fourth-order valence-electron chi connectivity index (χ4n) is 1.84. The van der Waals surface area contributed by atoms with Gasteiger partial charge in [-0.05, 0) is 24.6 Å². The molecule has 1 aromatic heterocycles. The zero-order valence-corrected chi connectivity index (χ0v) is 11.8. The van der Waals surface area contributed by atoms with Crippen LogP contribution in [0.15, 0.2) is 22.6 Å². The molecule has 1 aromatic carbocycles. The molecular formula is C13H14N2O3S. The second-order valence-corrected chi connectivity index (χ2v) is 7.27. The van der Waals surface area contributed by atoms with Gasteiger partial charge in [-0.15, -0.1) is 0 Å². The van der Waals surface area contributed by atoms with Gasteiger partial charge >= 0.3 is 0 Å². The molecule has 2 aromatic rings. The van der Waals surface area contributed by atoms with E-state index in [4.69, 9.17) is 9.68 Å². The van der Waals surface area contributed by atoms with E-state index in [1.54, 1.807) is 25.1 Å². The van der Waals surface area contributed by atoms with Crippen LogP contribution < -0.4 is 0 Å². The molecule has 6 heteroatoms. The number of nitrogens with zero attached hydrogens (tertiary/aromatic N) is 2. The van der Waals surface area contributed by atoms with E-state index in [0.717, 1.165) is 11.8 Å². The highest BCUT2D eigenvalue weighted by Gasteiger charge is 2.36. The zero-order chi connectivity index (χ0) is 14.3. The molecule has 0 radical (unpaired) electrons. The fourth-order valence-corrected chi connectivity index (χ4v) is 2.44. The second-order valence-electron chi connectivity index (χ2n) is 4.83. The van der Waals surface area contributed by atoms with Crippen molar-refractivity contribution in [2.24, 2.45) is 0 Å². The highest BCUT2D eigenvalue weighted by molar-refractivity contribution is 7.92. The average molecular weight is 278 g/mol. The summed E-state index contributed by atoms with van der Waals surface area (Å²) in [6.45, 7) is 3.18. The maximum Gasteiger partial charge on any atom is 0.192 e. The molecule has 1 heterocycles. The van der Waals surface area contributed by atoms with Crippen molar-refractivity contribution in [3.63, 3.8) is 0 Å². The van der Waals surface area contributed by atoms with Crippen molar-refractivity contribution in [1.82, 2.24) is 4.98 Å². The highest BCUT2D eigenvalue weighted by atomic mass is 32.2. The topological polar surface area (TPSA) is 84.0 Å². The van der Waals surface area contributed by atoms with Gasteiger partial charge in [0.25, 0.3) is 0 Å². The summed E-state index contributed by atoms with van der Waals surface area (Å²) in [5, 5.41) is 9.14. The van der Waals surface area contributed by atoms with Gasteiger partial charge in [0.05, 0.1) is 6.07 Å².